The molecule has 2 rings (SSSR count). The van der Waals surface area contributed by atoms with E-state index in [2.05, 4.69) is 16.7 Å². The number of aliphatic imine (C=N–C) groups is 1. The predicted molar refractivity (Wildman–Crippen MR) is 36.7 cm³/mol. The fourth-order valence-electron chi connectivity index (χ4n) is 0.791. The largest absolute Gasteiger partial charge is 0.432 e. The molecule has 0 saturated heterocycles. The molecule has 0 aromatic carbocycles. The lowest BCUT2D eigenvalue weighted by Gasteiger charge is -1.72. The molecular formula is C6H5N3O. The lowest BCUT2D eigenvalue weighted by atomic mass is 10.8. The molecule has 10 heavy (non-hydrogen) atoms. The molecule has 0 radical (unpaired) electrons. The van der Waals surface area contributed by atoms with E-state index >= 15 is 0 Å². The summed E-state index contributed by atoms with van der Waals surface area (Å²) in [6.07, 6.45) is 5.07. The lowest BCUT2D eigenvalue weighted by Crippen LogP contribution is -1.67. The molecule has 0 aliphatic rings. The van der Waals surface area contributed by atoms with Crippen LogP contribution in [0.25, 0.3) is 5.84 Å². The van der Waals surface area contributed by atoms with Gasteiger partial charge >= 0.3 is 5.84 Å². The van der Waals surface area contributed by atoms with Crippen LogP contribution in [0.1, 0.15) is 0 Å². The van der Waals surface area contributed by atoms with Crippen LogP contribution in [-0.4, -0.2) is 16.1 Å². The summed E-state index contributed by atoms with van der Waals surface area (Å²) >= 11 is 0. The van der Waals surface area contributed by atoms with E-state index in [9.17, 15) is 0 Å². The summed E-state index contributed by atoms with van der Waals surface area (Å²) in [5.74, 6) is 1.13. The first-order valence-corrected chi connectivity index (χ1v) is 2.79. The molecule has 2 heterocycles. The van der Waals surface area contributed by atoms with Crippen LogP contribution in [0.4, 0.5) is 5.82 Å². The van der Waals surface area contributed by atoms with Gasteiger partial charge in [-0.3, -0.25) is 4.40 Å². The minimum absolute atomic E-state index is 0.544. The van der Waals surface area contributed by atoms with E-state index in [1.165, 1.54) is 0 Å². The van der Waals surface area contributed by atoms with Crippen LogP contribution in [0.2, 0.25) is 0 Å². The van der Waals surface area contributed by atoms with Crippen molar-refractivity contribution in [2.45, 2.75) is 0 Å². The molecule has 0 amide bonds. The Labute approximate surface area is 56.8 Å². The monoisotopic (exact) mass is 135 g/mol. The van der Waals surface area contributed by atoms with E-state index in [1.54, 1.807) is 23.1 Å². The molecule has 0 spiro atoms. The van der Waals surface area contributed by atoms with E-state index in [-0.39, 0.29) is 0 Å². The number of oxazole rings is 1. The van der Waals surface area contributed by atoms with Crippen molar-refractivity contribution in [1.82, 2.24) is 9.38 Å². The average molecular weight is 135 g/mol. The highest BCUT2D eigenvalue weighted by Gasteiger charge is 1.99. The van der Waals surface area contributed by atoms with E-state index in [0.29, 0.717) is 11.7 Å². The third-order valence-electron chi connectivity index (χ3n) is 1.24. The average Bonchev–Trinajstić information content (AvgIpc) is 2.42. The van der Waals surface area contributed by atoms with Crippen LogP contribution >= 0.6 is 0 Å². The van der Waals surface area contributed by atoms with Gasteiger partial charge in [-0.25, -0.2) is 4.99 Å². The van der Waals surface area contributed by atoms with Crippen LogP contribution in [0, 0.1) is 0 Å². The van der Waals surface area contributed by atoms with Crippen LogP contribution in [0.15, 0.2) is 28.1 Å². The van der Waals surface area contributed by atoms with Gasteiger partial charge in [0.15, 0.2) is 5.82 Å². The number of aromatic nitrogens is 2. The van der Waals surface area contributed by atoms with Crippen LogP contribution < -0.4 is 0 Å². The number of hydrogen-bond acceptors (Lipinski definition) is 3. The summed E-state index contributed by atoms with van der Waals surface area (Å²) in [7, 11) is 0. The normalized spacial score (nSPS) is 10.4. The Bertz CT molecular complexity index is 331. The van der Waals surface area contributed by atoms with Crippen molar-refractivity contribution in [3.63, 3.8) is 0 Å². The van der Waals surface area contributed by atoms with Crippen molar-refractivity contribution in [2.24, 2.45) is 4.99 Å². The Balaban J connectivity index is 2.78. The van der Waals surface area contributed by atoms with Gasteiger partial charge in [0.25, 0.3) is 0 Å². The maximum Gasteiger partial charge on any atom is 0.307 e. The Morgan fingerprint density at radius 3 is 3.30 bits per heavy atom. The van der Waals surface area contributed by atoms with Gasteiger partial charge in [0, 0.05) is 6.20 Å². The molecule has 2 aromatic heterocycles. The lowest BCUT2D eigenvalue weighted by molar-refractivity contribution is 0.596. The summed E-state index contributed by atoms with van der Waals surface area (Å²) < 4.78 is 6.70. The first kappa shape index (κ1) is 5.22. The van der Waals surface area contributed by atoms with Crippen molar-refractivity contribution in [3.05, 3.63) is 18.7 Å². The second-order valence-corrected chi connectivity index (χ2v) is 1.85. The predicted octanol–water partition coefficient (Wildman–Crippen LogP) is 1.26. The first-order valence-electron chi connectivity index (χ1n) is 2.79. The van der Waals surface area contributed by atoms with Crippen molar-refractivity contribution < 1.29 is 4.42 Å². The topological polar surface area (TPSA) is 42.8 Å². The van der Waals surface area contributed by atoms with E-state index in [1.807, 2.05) is 0 Å². The maximum absolute atomic E-state index is 4.96. The highest BCUT2D eigenvalue weighted by Crippen LogP contribution is 2.11. The Hall–Kier alpha value is -1.58. The Morgan fingerprint density at radius 2 is 2.60 bits per heavy atom. The molecule has 0 aliphatic carbocycles. The Kier molecular flexibility index (Phi) is 0.887. The minimum Gasteiger partial charge on any atom is -0.432 e. The van der Waals surface area contributed by atoms with Gasteiger partial charge in [0.05, 0.1) is 6.20 Å². The third kappa shape index (κ3) is 0.556. The van der Waals surface area contributed by atoms with Gasteiger partial charge in [-0.05, 0) is 6.72 Å². The zero-order valence-electron chi connectivity index (χ0n) is 5.19. The number of imidazole rings is 1. The summed E-state index contributed by atoms with van der Waals surface area (Å²) in [5.41, 5.74) is 0. The van der Waals surface area contributed by atoms with Crippen molar-refractivity contribution in [2.75, 3.05) is 0 Å². The molecule has 4 nitrogen and oxygen atoms in total. The van der Waals surface area contributed by atoms with Gasteiger partial charge < -0.3 is 4.42 Å². The maximum atomic E-state index is 4.96. The molecule has 2 aromatic rings. The van der Waals surface area contributed by atoms with Gasteiger partial charge in [-0.15, -0.1) is 0 Å². The molecule has 4 heteroatoms. The molecule has 0 N–H and O–H groups in total. The van der Waals surface area contributed by atoms with Gasteiger partial charge in [-0.2, -0.15) is 4.98 Å². The Morgan fingerprint density at radius 1 is 1.70 bits per heavy atom. The molecule has 0 unspecified atom stereocenters. The summed E-state index contributed by atoms with van der Waals surface area (Å²) in [6, 6.07) is 0. The standard InChI is InChI=1S/C6H5N3O/c1-7-5-4-9-2-3-10-6(9)8-5/h2-4H,1H2. The first-order chi connectivity index (χ1) is 4.90. The van der Waals surface area contributed by atoms with Crippen LogP contribution in [0.5, 0.6) is 0 Å². The second-order valence-electron chi connectivity index (χ2n) is 1.85. The molecule has 50 valence electrons. The quantitative estimate of drug-likeness (QED) is 0.552. The third-order valence-corrected chi connectivity index (χ3v) is 1.24. The van der Waals surface area contributed by atoms with E-state index in [4.69, 9.17) is 4.42 Å². The van der Waals surface area contributed by atoms with E-state index < -0.39 is 0 Å². The fraction of sp³-hybridized carbons (Fsp3) is 0. The van der Waals surface area contributed by atoms with Gasteiger partial charge in [0.1, 0.15) is 6.26 Å². The number of nitrogens with zero attached hydrogens (tertiary/aromatic N) is 3. The molecular weight excluding hydrogens is 130 g/mol. The summed E-state index contributed by atoms with van der Waals surface area (Å²) in [5, 5.41) is 0. The minimum atomic E-state index is 0.544. The zero-order chi connectivity index (χ0) is 6.97. The molecule has 0 atom stereocenters. The highest BCUT2D eigenvalue weighted by atomic mass is 16.3. The molecule has 0 aliphatic heterocycles. The van der Waals surface area contributed by atoms with Gasteiger partial charge in [0.2, 0.25) is 0 Å². The van der Waals surface area contributed by atoms with E-state index in [0.717, 1.165) is 0 Å². The van der Waals surface area contributed by atoms with Crippen LogP contribution in [0.3, 0.4) is 0 Å². The summed E-state index contributed by atoms with van der Waals surface area (Å²) in [4.78, 5) is 7.60. The SMILES string of the molecule is C=Nc1cn2ccoc2n1. The number of fused-ring (bicyclic) bond motifs is 1. The van der Waals surface area contributed by atoms with Crippen LogP contribution in [-0.2, 0) is 0 Å². The smallest absolute Gasteiger partial charge is 0.307 e. The van der Waals surface area contributed by atoms with Crippen molar-refractivity contribution in [1.29, 1.82) is 0 Å². The van der Waals surface area contributed by atoms with Gasteiger partial charge in [-0.1, -0.05) is 0 Å². The van der Waals surface area contributed by atoms with Crippen molar-refractivity contribution >= 4 is 18.4 Å². The molecule has 0 saturated carbocycles. The fourth-order valence-corrected chi connectivity index (χ4v) is 0.791. The molecule has 0 fully saturated rings. The number of rotatable bonds is 1. The molecule has 0 bridgehead atoms. The zero-order valence-corrected chi connectivity index (χ0v) is 5.19. The number of hydrogen-bond donors (Lipinski definition) is 0. The highest BCUT2D eigenvalue weighted by molar-refractivity contribution is 5.43. The second kappa shape index (κ2) is 1.70. The van der Waals surface area contributed by atoms with Crippen molar-refractivity contribution in [3.8, 4) is 0 Å². The summed E-state index contributed by atoms with van der Waals surface area (Å²) in [6.45, 7) is 3.34.